The van der Waals surface area contributed by atoms with Crippen LogP contribution in [0.2, 0.25) is 0 Å². The Balaban J connectivity index is 1.82. The molecule has 0 saturated heterocycles. The van der Waals surface area contributed by atoms with E-state index in [1.54, 1.807) is 29.5 Å². The Labute approximate surface area is 155 Å². The summed E-state index contributed by atoms with van der Waals surface area (Å²) in [5.41, 5.74) is 1.64. The van der Waals surface area contributed by atoms with Gasteiger partial charge in [-0.3, -0.25) is 4.79 Å². The molecule has 0 amide bonds. The Kier molecular flexibility index (Phi) is 4.41. The van der Waals surface area contributed by atoms with E-state index in [1.165, 1.54) is 12.0 Å². The van der Waals surface area contributed by atoms with E-state index in [2.05, 4.69) is 24.4 Å². The first-order chi connectivity index (χ1) is 12.6. The quantitative estimate of drug-likeness (QED) is 0.603. The zero-order valence-electron chi connectivity index (χ0n) is 14.8. The third-order valence-corrected chi connectivity index (χ3v) is 5.98. The van der Waals surface area contributed by atoms with E-state index in [-0.39, 0.29) is 11.3 Å². The van der Waals surface area contributed by atoms with Crippen LogP contribution in [0.3, 0.4) is 0 Å². The van der Waals surface area contributed by atoms with E-state index < -0.39 is 5.97 Å². The second kappa shape index (κ2) is 6.72. The minimum atomic E-state index is -0.452. The molecule has 1 aromatic carbocycles. The first kappa shape index (κ1) is 17.0. The van der Waals surface area contributed by atoms with Crippen molar-refractivity contribution < 1.29 is 13.9 Å². The molecule has 2 unspecified atom stereocenters. The normalized spacial score (nSPS) is 18.8. The highest BCUT2D eigenvalue weighted by atomic mass is 32.1. The molecule has 3 aromatic rings. The van der Waals surface area contributed by atoms with Crippen LogP contribution in [0.5, 0.6) is 0 Å². The highest BCUT2D eigenvalue weighted by molar-refractivity contribution is 7.10. The number of rotatable bonds is 5. The summed E-state index contributed by atoms with van der Waals surface area (Å²) in [6, 6.07) is 9.14. The van der Waals surface area contributed by atoms with Crippen molar-refractivity contribution >= 4 is 28.3 Å². The van der Waals surface area contributed by atoms with Crippen molar-refractivity contribution in [2.75, 3.05) is 7.11 Å². The van der Waals surface area contributed by atoms with Gasteiger partial charge in [-0.15, -0.1) is 11.3 Å². The zero-order valence-corrected chi connectivity index (χ0v) is 15.6. The molecule has 1 aliphatic carbocycles. The maximum Gasteiger partial charge on any atom is 0.337 e. The van der Waals surface area contributed by atoms with Gasteiger partial charge in [-0.05, 0) is 42.5 Å². The van der Waals surface area contributed by atoms with Gasteiger partial charge in [-0.25, -0.2) is 4.79 Å². The van der Waals surface area contributed by atoms with Crippen molar-refractivity contribution in [2.24, 2.45) is 0 Å². The molecular formula is C21H20O4S. The van der Waals surface area contributed by atoms with Crippen molar-refractivity contribution in [2.45, 2.75) is 38.0 Å². The molecule has 1 aliphatic rings. The smallest absolute Gasteiger partial charge is 0.337 e. The van der Waals surface area contributed by atoms with Crippen molar-refractivity contribution in [1.29, 1.82) is 0 Å². The largest absolute Gasteiger partial charge is 0.465 e. The number of esters is 1. The average molecular weight is 368 g/mol. The summed E-state index contributed by atoms with van der Waals surface area (Å²) in [4.78, 5) is 26.3. The summed E-state index contributed by atoms with van der Waals surface area (Å²) >= 11 is 1.76. The van der Waals surface area contributed by atoms with Crippen molar-refractivity contribution in [1.82, 2.24) is 0 Å². The van der Waals surface area contributed by atoms with E-state index in [9.17, 15) is 9.59 Å². The number of carbonyl (C=O) groups excluding carboxylic acids is 1. The van der Waals surface area contributed by atoms with Crippen LogP contribution >= 0.6 is 11.3 Å². The minimum Gasteiger partial charge on any atom is -0.465 e. The number of hydrogen-bond donors (Lipinski definition) is 0. The van der Waals surface area contributed by atoms with Crippen LogP contribution in [0.15, 0.2) is 44.9 Å². The van der Waals surface area contributed by atoms with Gasteiger partial charge in [0.05, 0.1) is 18.1 Å². The molecule has 0 bridgehead atoms. The summed E-state index contributed by atoms with van der Waals surface area (Å²) in [5.74, 6) is 1.09. The first-order valence-corrected chi connectivity index (χ1v) is 9.73. The molecule has 0 spiro atoms. The Bertz CT molecular complexity index is 1020. The predicted molar refractivity (Wildman–Crippen MR) is 102 cm³/mol. The van der Waals surface area contributed by atoms with Gasteiger partial charge in [0, 0.05) is 22.3 Å². The third kappa shape index (κ3) is 2.86. The van der Waals surface area contributed by atoms with Gasteiger partial charge < -0.3 is 9.15 Å². The molecule has 134 valence electrons. The predicted octanol–water partition coefficient (Wildman–Crippen LogP) is 4.86. The average Bonchev–Trinajstić information content (AvgIpc) is 3.26. The van der Waals surface area contributed by atoms with E-state index in [4.69, 9.17) is 9.15 Å². The Morgan fingerprint density at radius 2 is 2.15 bits per heavy atom. The number of carbonyl (C=O) groups is 1. The molecule has 4 rings (SSSR count). The lowest BCUT2D eigenvalue weighted by Gasteiger charge is -2.10. The zero-order chi connectivity index (χ0) is 18.3. The molecule has 0 radical (unpaired) electrons. The minimum absolute atomic E-state index is 0.0225. The van der Waals surface area contributed by atoms with Gasteiger partial charge in [0.2, 0.25) is 0 Å². The number of benzene rings is 1. The maximum atomic E-state index is 13.1. The van der Waals surface area contributed by atoms with E-state index in [0.29, 0.717) is 28.9 Å². The van der Waals surface area contributed by atoms with Gasteiger partial charge >= 0.3 is 5.97 Å². The summed E-state index contributed by atoms with van der Waals surface area (Å²) in [6.45, 7) is 2.06. The van der Waals surface area contributed by atoms with Crippen molar-refractivity contribution in [3.8, 4) is 0 Å². The first-order valence-electron chi connectivity index (χ1n) is 8.85. The molecule has 2 atom stereocenters. The maximum absolute atomic E-state index is 13.1. The second-order valence-corrected chi connectivity index (χ2v) is 7.67. The van der Waals surface area contributed by atoms with Gasteiger partial charge in [-0.2, -0.15) is 0 Å². The van der Waals surface area contributed by atoms with E-state index >= 15 is 0 Å². The SMILES string of the molecule is CCCc1c(C2CC2c2cccs2)oc2ccc(C(=O)OC)cc2c1=O. The molecule has 2 aromatic heterocycles. The summed E-state index contributed by atoms with van der Waals surface area (Å²) in [6.07, 6.45) is 2.58. The molecule has 26 heavy (non-hydrogen) atoms. The third-order valence-electron chi connectivity index (χ3n) is 4.97. The monoisotopic (exact) mass is 368 g/mol. The van der Waals surface area contributed by atoms with Crippen LogP contribution in [-0.2, 0) is 11.2 Å². The van der Waals surface area contributed by atoms with Crippen LogP contribution < -0.4 is 5.43 Å². The summed E-state index contributed by atoms with van der Waals surface area (Å²) < 4.78 is 11.0. The topological polar surface area (TPSA) is 56.5 Å². The summed E-state index contributed by atoms with van der Waals surface area (Å²) in [5, 5.41) is 2.54. The van der Waals surface area contributed by atoms with Crippen molar-refractivity contribution in [3.05, 3.63) is 67.7 Å². The molecular weight excluding hydrogens is 348 g/mol. The highest BCUT2D eigenvalue weighted by Crippen LogP contribution is 2.56. The van der Waals surface area contributed by atoms with Gasteiger partial charge in [0.25, 0.3) is 0 Å². The number of methoxy groups -OCH3 is 1. The summed E-state index contributed by atoms with van der Waals surface area (Å²) in [7, 11) is 1.33. The number of ether oxygens (including phenoxy) is 1. The van der Waals surface area contributed by atoms with E-state index in [1.807, 2.05) is 0 Å². The molecule has 4 nitrogen and oxygen atoms in total. The van der Waals surface area contributed by atoms with Crippen LogP contribution in [-0.4, -0.2) is 13.1 Å². The van der Waals surface area contributed by atoms with Gasteiger partial charge in [0.15, 0.2) is 5.43 Å². The second-order valence-electron chi connectivity index (χ2n) is 6.69. The van der Waals surface area contributed by atoms with E-state index in [0.717, 1.165) is 24.2 Å². The lowest BCUT2D eigenvalue weighted by Crippen LogP contribution is -2.13. The van der Waals surface area contributed by atoms with Crippen LogP contribution in [0.4, 0.5) is 0 Å². The van der Waals surface area contributed by atoms with Crippen LogP contribution in [0.1, 0.15) is 58.2 Å². The Morgan fingerprint density at radius 1 is 1.31 bits per heavy atom. The molecule has 2 heterocycles. The number of fused-ring (bicyclic) bond motifs is 1. The highest BCUT2D eigenvalue weighted by Gasteiger charge is 2.44. The lowest BCUT2D eigenvalue weighted by molar-refractivity contribution is 0.0601. The molecule has 1 saturated carbocycles. The van der Waals surface area contributed by atoms with Gasteiger partial charge in [0.1, 0.15) is 11.3 Å². The molecule has 0 aliphatic heterocycles. The number of hydrogen-bond acceptors (Lipinski definition) is 5. The molecule has 5 heteroatoms. The Hall–Kier alpha value is -2.40. The van der Waals surface area contributed by atoms with Crippen molar-refractivity contribution in [3.63, 3.8) is 0 Å². The fraction of sp³-hybridized carbons (Fsp3) is 0.333. The lowest BCUT2D eigenvalue weighted by atomic mass is 10.0. The fourth-order valence-electron chi connectivity index (χ4n) is 3.58. The standard InChI is InChI=1S/C21H20O4S/c1-3-5-13-19(22)16-10-12(21(23)24-2)7-8-17(16)25-20(13)15-11-14(15)18-6-4-9-26-18/h4,6-10,14-15H,3,5,11H2,1-2H3. The Morgan fingerprint density at radius 3 is 2.85 bits per heavy atom. The molecule has 0 N–H and O–H groups in total. The molecule has 1 fully saturated rings. The fourth-order valence-corrected chi connectivity index (χ4v) is 4.49. The number of thiophene rings is 1. The van der Waals surface area contributed by atoms with Crippen LogP contribution in [0.25, 0.3) is 11.0 Å². The van der Waals surface area contributed by atoms with Gasteiger partial charge in [-0.1, -0.05) is 19.4 Å². The van der Waals surface area contributed by atoms with Crippen LogP contribution in [0, 0.1) is 0 Å².